The smallest absolute Gasteiger partial charge is 0.340 e. The van der Waals surface area contributed by atoms with Crippen LogP contribution in [0.3, 0.4) is 0 Å². The van der Waals surface area contributed by atoms with Gasteiger partial charge in [-0.25, -0.2) is 4.39 Å². The number of hydrogen-bond donors (Lipinski definition) is 1. The van der Waals surface area contributed by atoms with Crippen LogP contribution in [0.2, 0.25) is 0 Å². The third-order valence-electron chi connectivity index (χ3n) is 5.06. The molecule has 9 heteroatoms. The highest BCUT2D eigenvalue weighted by molar-refractivity contribution is 6.15. The Hall–Kier alpha value is -3.62. The SMILES string of the molecule is Cc1cc(C2=NCc3cc(CC(=O)N[C@H](c4ccc(F)cc4)C(F)(F)F)ncc32)ccn1. The summed E-state index contributed by atoms with van der Waals surface area (Å²) in [6.45, 7) is 2.27. The summed E-state index contributed by atoms with van der Waals surface area (Å²) in [5.41, 5.74) is 4.26. The van der Waals surface area contributed by atoms with Gasteiger partial charge >= 0.3 is 6.18 Å². The molecule has 0 saturated heterocycles. The first kappa shape index (κ1) is 21.6. The van der Waals surface area contributed by atoms with Gasteiger partial charge in [0.05, 0.1) is 24.4 Å². The molecule has 0 aliphatic carbocycles. The van der Waals surface area contributed by atoms with E-state index in [0.29, 0.717) is 12.2 Å². The molecule has 0 unspecified atom stereocenters. The van der Waals surface area contributed by atoms with Crippen molar-refractivity contribution in [3.8, 4) is 0 Å². The minimum absolute atomic E-state index is 0.250. The van der Waals surface area contributed by atoms with E-state index < -0.39 is 23.9 Å². The van der Waals surface area contributed by atoms with E-state index in [1.807, 2.05) is 24.4 Å². The van der Waals surface area contributed by atoms with Gasteiger partial charge in [0.1, 0.15) is 5.82 Å². The first-order chi connectivity index (χ1) is 15.2. The van der Waals surface area contributed by atoms with Gasteiger partial charge in [0.25, 0.3) is 0 Å². The Morgan fingerprint density at radius 1 is 1.12 bits per heavy atom. The zero-order valence-electron chi connectivity index (χ0n) is 16.9. The minimum Gasteiger partial charge on any atom is -0.340 e. The van der Waals surface area contributed by atoms with Crippen LogP contribution in [0.1, 0.15) is 39.7 Å². The van der Waals surface area contributed by atoms with E-state index in [1.54, 1.807) is 18.5 Å². The third-order valence-corrected chi connectivity index (χ3v) is 5.06. The van der Waals surface area contributed by atoms with Crippen LogP contribution in [-0.2, 0) is 17.8 Å². The highest BCUT2D eigenvalue weighted by Crippen LogP contribution is 2.33. The van der Waals surface area contributed by atoms with Crippen molar-refractivity contribution in [1.29, 1.82) is 0 Å². The summed E-state index contributed by atoms with van der Waals surface area (Å²) in [7, 11) is 0. The van der Waals surface area contributed by atoms with Crippen LogP contribution in [0, 0.1) is 12.7 Å². The van der Waals surface area contributed by atoms with Crippen molar-refractivity contribution >= 4 is 11.6 Å². The molecular weight excluding hydrogens is 424 g/mol. The number of fused-ring (bicyclic) bond motifs is 1. The molecule has 0 fully saturated rings. The van der Waals surface area contributed by atoms with Crippen molar-refractivity contribution in [2.45, 2.75) is 32.1 Å². The molecule has 3 heterocycles. The number of pyridine rings is 2. The molecule has 0 saturated carbocycles. The van der Waals surface area contributed by atoms with E-state index in [0.717, 1.165) is 52.4 Å². The summed E-state index contributed by atoms with van der Waals surface area (Å²) in [4.78, 5) is 25.3. The first-order valence-corrected chi connectivity index (χ1v) is 9.78. The number of nitrogens with one attached hydrogen (secondary N) is 1. The fourth-order valence-electron chi connectivity index (χ4n) is 3.56. The van der Waals surface area contributed by atoms with Crippen molar-refractivity contribution < 1.29 is 22.4 Å². The maximum absolute atomic E-state index is 13.5. The lowest BCUT2D eigenvalue weighted by Crippen LogP contribution is -2.39. The van der Waals surface area contributed by atoms with E-state index in [4.69, 9.17) is 0 Å². The van der Waals surface area contributed by atoms with Gasteiger partial charge in [-0.1, -0.05) is 12.1 Å². The normalized spacial score (nSPS) is 14.0. The van der Waals surface area contributed by atoms with Gasteiger partial charge in [-0.15, -0.1) is 0 Å². The number of aliphatic imine (C=N–C) groups is 1. The molecule has 2 aromatic heterocycles. The molecule has 3 aromatic rings. The first-order valence-electron chi connectivity index (χ1n) is 9.78. The van der Waals surface area contributed by atoms with Crippen molar-refractivity contribution in [2.24, 2.45) is 4.99 Å². The molecule has 164 valence electrons. The number of carbonyl (C=O) groups is 1. The third kappa shape index (κ3) is 4.66. The Morgan fingerprint density at radius 2 is 1.88 bits per heavy atom. The number of alkyl halides is 3. The second-order valence-electron chi connectivity index (χ2n) is 7.45. The van der Waals surface area contributed by atoms with Crippen molar-refractivity contribution in [1.82, 2.24) is 15.3 Å². The summed E-state index contributed by atoms with van der Waals surface area (Å²) in [6.07, 6.45) is -1.79. The minimum atomic E-state index is -4.73. The number of benzene rings is 1. The average molecular weight is 442 g/mol. The van der Waals surface area contributed by atoms with Crippen molar-refractivity contribution in [3.63, 3.8) is 0 Å². The van der Waals surface area contributed by atoms with Crippen molar-refractivity contribution in [3.05, 3.63) is 94.3 Å². The van der Waals surface area contributed by atoms with Crippen LogP contribution in [0.25, 0.3) is 0 Å². The van der Waals surface area contributed by atoms with Gasteiger partial charge in [0.2, 0.25) is 5.91 Å². The number of amides is 1. The van der Waals surface area contributed by atoms with E-state index in [1.165, 1.54) is 0 Å². The molecule has 1 amide bonds. The number of halogens is 4. The average Bonchev–Trinajstić information content (AvgIpc) is 3.15. The van der Waals surface area contributed by atoms with E-state index >= 15 is 0 Å². The Kier molecular flexibility index (Phi) is 5.73. The molecule has 1 aliphatic rings. The number of carbonyl (C=O) groups excluding carboxylic acids is 1. The maximum Gasteiger partial charge on any atom is 0.412 e. The molecule has 0 radical (unpaired) electrons. The predicted molar refractivity (Wildman–Crippen MR) is 110 cm³/mol. The maximum atomic E-state index is 13.5. The summed E-state index contributed by atoms with van der Waals surface area (Å²) in [5.74, 6) is -1.50. The number of nitrogens with zero attached hydrogens (tertiary/aromatic N) is 3. The topological polar surface area (TPSA) is 67.2 Å². The van der Waals surface area contributed by atoms with Crippen LogP contribution in [0.4, 0.5) is 17.6 Å². The molecule has 1 aliphatic heterocycles. The molecular formula is C23H18F4N4O. The van der Waals surface area contributed by atoms with E-state index in [9.17, 15) is 22.4 Å². The molecule has 4 rings (SSSR count). The van der Waals surface area contributed by atoms with Gasteiger partial charge in [-0.2, -0.15) is 13.2 Å². The molecule has 0 bridgehead atoms. The molecule has 1 aromatic carbocycles. The van der Waals surface area contributed by atoms with E-state index in [-0.39, 0.29) is 12.0 Å². The number of rotatable bonds is 5. The molecule has 1 N–H and O–H groups in total. The van der Waals surface area contributed by atoms with Gasteiger partial charge in [0.15, 0.2) is 6.04 Å². The second kappa shape index (κ2) is 8.49. The van der Waals surface area contributed by atoms with Gasteiger partial charge in [-0.3, -0.25) is 19.8 Å². The van der Waals surface area contributed by atoms with Crippen LogP contribution in [0.5, 0.6) is 0 Å². The van der Waals surface area contributed by atoms with E-state index in [2.05, 4.69) is 15.0 Å². The Labute approximate surface area is 181 Å². The Balaban J connectivity index is 1.49. The zero-order valence-corrected chi connectivity index (χ0v) is 16.9. The number of hydrogen-bond acceptors (Lipinski definition) is 4. The second-order valence-corrected chi connectivity index (χ2v) is 7.45. The fraction of sp³-hybridized carbons (Fsp3) is 0.217. The fourth-order valence-corrected chi connectivity index (χ4v) is 3.56. The monoisotopic (exact) mass is 442 g/mol. The number of aryl methyl sites for hydroxylation is 1. The Bertz CT molecular complexity index is 1190. The molecule has 1 atom stereocenters. The standard InChI is InChI=1S/C23H18F4N4O/c1-13-8-15(6-7-28-13)21-19-12-29-18(9-16(19)11-30-21)10-20(32)31-22(23(25,26)27)14-2-4-17(24)5-3-14/h2-9,12,22H,10-11H2,1H3,(H,31,32)/t22-/m1/s1. The number of aromatic nitrogens is 2. The summed E-state index contributed by atoms with van der Waals surface area (Å²) in [6, 6.07) is 7.03. The lowest BCUT2D eigenvalue weighted by molar-refractivity contribution is -0.163. The predicted octanol–water partition coefficient (Wildman–Crippen LogP) is 4.24. The van der Waals surface area contributed by atoms with Crippen molar-refractivity contribution in [2.75, 3.05) is 0 Å². The lowest BCUT2D eigenvalue weighted by atomic mass is 10.0. The molecule has 0 spiro atoms. The van der Waals surface area contributed by atoms with Crippen LogP contribution < -0.4 is 5.32 Å². The van der Waals surface area contributed by atoms with Crippen LogP contribution in [-0.4, -0.2) is 27.8 Å². The largest absolute Gasteiger partial charge is 0.412 e. The lowest BCUT2D eigenvalue weighted by Gasteiger charge is -2.22. The van der Waals surface area contributed by atoms with Gasteiger partial charge in [-0.05, 0) is 48.4 Å². The van der Waals surface area contributed by atoms with Crippen LogP contribution in [0.15, 0.2) is 59.9 Å². The van der Waals surface area contributed by atoms with Gasteiger partial charge in [0, 0.05) is 29.2 Å². The quantitative estimate of drug-likeness (QED) is 0.601. The Morgan fingerprint density at radius 3 is 2.56 bits per heavy atom. The highest BCUT2D eigenvalue weighted by Gasteiger charge is 2.41. The summed E-state index contributed by atoms with van der Waals surface area (Å²) in [5, 5.41) is 1.99. The summed E-state index contributed by atoms with van der Waals surface area (Å²) < 4.78 is 53.5. The zero-order chi connectivity index (χ0) is 22.9. The van der Waals surface area contributed by atoms with Gasteiger partial charge < -0.3 is 5.32 Å². The molecule has 32 heavy (non-hydrogen) atoms. The molecule has 5 nitrogen and oxygen atoms in total. The van der Waals surface area contributed by atoms with Crippen LogP contribution >= 0.6 is 0 Å². The highest BCUT2D eigenvalue weighted by atomic mass is 19.4. The summed E-state index contributed by atoms with van der Waals surface area (Å²) >= 11 is 0.